The summed E-state index contributed by atoms with van der Waals surface area (Å²) in [5.41, 5.74) is 0.00158. The highest BCUT2D eigenvalue weighted by Gasteiger charge is 2.72. The van der Waals surface area contributed by atoms with E-state index in [1.165, 1.54) is 35.3 Å². The van der Waals surface area contributed by atoms with Gasteiger partial charge in [-0.15, -0.1) is 19.8 Å². The molecule has 5 atom stereocenters. The molecule has 0 saturated carbocycles. The second kappa shape index (κ2) is 9.14. The molecular formula is C30H29F3N2O5. The Morgan fingerprint density at radius 3 is 2.88 bits per heavy atom. The van der Waals surface area contributed by atoms with Crippen molar-refractivity contribution in [2.45, 2.75) is 48.4 Å². The molecule has 0 radical (unpaired) electrons. The van der Waals surface area contributed by atoms with Crippen LogP contribution < -0.4 is 9.47 Å². The lowest BCUT2D eigenvalue weighted by atomic mass is 9.50. The summed E-state index contributed by atoms with van der Waals surface area (Å²) >= 11 is 0. The molecule has 0 aromatic heterocycles. The highest BCUT2D eigenvalue weighted by molar-refractivity contribution is 5.92. The predicted molar refractivity (Wildman–Crippen MR) is 141 cm³/mol. The van der Waals surface area contributed by atoms with Crippen molar-refractivity contribution in [1.29, 1.82) is 0 Å². The van der Waals surface area contributed by atoms with Crippen molar-refractivity contribution in [2.24, 2.45) is 0 Å². The van der Waals surface area contributed by atoms with Crippen LogP contribution in [0, 0.1) is 0 Å². The number of phenols is 1. The third-order valence-corrected chi connectivity index (χ3v) is 8.80. The number of carbonyl (C=O) groups excluding carboxylic acids is 1. The molecule has 1 saturated heterocycles. The van der Waals surface area contributed by atoms with Crippen LogP contribution in [0.1, 0.15) is 23.1 Å². The molecule has 7 nitrogen and oxygen atoms in total. The quantitative estimate of drug-likeness (QED) is 0.416. The van der Waals surface area contributed by atoms with Crippen LogP contribution in [0.3, 0.4) is 0 Å². The summed E-state index contributed by atoms with van der Waals surface area (Å²) in [7, 11) is 1.62. The highest BCUT2D eigenvalue weighted by atomic mass is 19.4. The first-order valence-corrected chi connectivity index (χ1v) is 13.1. The Morgan fingerprint density at radius 2 is 2.12 bits per heavy atom. The third-order valence-electron chi connectivity index (χ3n) is 8.80. The van der Waals surface area contributed by atoms with Crippen LogP contribution in [-0.2, 0) is 16.6 Å². The Kier molecular flexibility index (Phi) is 6.05. The van der Waals surface area contributed by atoms with Crippen LogP contribution >= 0.6 is 0 Å². The van der Waals surface area contributed by atoms with Gasteiger partial charge in [-0.1, -0.05) is 36.4 Å². The number of piperidine rings is 1. The smallest absolute Gasteiger partial charge is 0.504 e. The Labute approximate surface area is 229 Å². The van der Waals surface area contributed by atoms with Crippen LogP contribution in [0.4, 0.5) is 13.2 Å². The van der Waals surface area contributed by atoms with E-state index in [9.17, 15) is 28.2 Å². The number of carbonyl (C=O) groups is 1. The summed E-state index contributed by atoms with van der Waals surface area (Å²) in [5.74, 6) is -0.445. The number of ether oxygens (including phenoxy) is 2. The number of aliphatic hydroxyl groups is 1. The zero-order chi connectivity index (χ0) is 28.4. The normalized spacial score (nSPS) is 30.1. The van der Waals surface area contributed by atoms with Gasteiger partial charge >= 0.3 is 6.36 Å². The first-order valence-electron chi connectivity index (χ1n) is 13.1. The number of hydrogen-bond acceptors (Lipinski definition) is 6. The van der Waals surface area contributed by atoms with E-state index in [0.717, 1.165) is 11.1 Å². The molecule has 2 unspecified atom stereocenters. The molecule has 2 N–H and O–H groups in total. The van der Waals surface area contributed by atoms with E-state index < -0.39 is 35.4 Å². The van der Waals surface area contributed by atoms with Crippen LogP contribution in [0.2, 0.25) is 0 Å². The summed E-state index contributed by atoms with van der Waals surface area (Å²) in [6.45, 7) is 5.17. The zero-order valence-corrected chi connectivity index (χ0v) is 21.8. The largest absolute Gasteiger partial charge is 0.573 e. The van der Waals surface area contributed by atoms with Gasteiger partial charge in [-0.3, -0.25) is 9.69 Å². The van der Waals surface area contributed by atoms with E-state index in [1.807, 2.05) is 12.1 Å². The van der Waals surface area contributed by atoms with E-state index in [2.05, 4.69) is 16.2 Å². The fourth-order valence-corrected chi connectivity index (χ4v) is 7.13. The monoisotopic (exact) mass is 554 g/mol. The molecule has 2 aliphatic carbocycles. The Morgan fingerprint density at radius 1 is 1.32 bits per heavy atom. The van der Waals surface area contributed by atoms with Crippen molar-refractivity contribution >= 4 is 12.0 Å². The van der Waals surface area contributed by atoms with Gasteiger partial charge in [0, 0.05) is 37.8 Å². The Bertz CT molecular complexity index is 1440. The molecule has 2 aromatic carbocycles. The second-order valence-electron chi connectivity index (χ2n) is 10.8. The van der Waals surface area contributed by atoms with E-state index in [1.54, 1.807) is 31.3 Å². The molecule has 210 valence electrons. The molecule has 10 heteroatoms. The third kappa shape index (κ3) is 3.84. The first-order chi connectivity index (χ1) is 19.0. The number of aromatic hydroxyl groups is 1. The maximum atomic E-state index is 13.3. The second-order valence-corrected chi connectivity index (χ2v) is 10.8. The fourth-order valence-electron chi connectivity index (χ4n) is 7.13. The summed E-state index contributed by atoms with van der Waals surface area (Å²) < 4.78 is 48.2. The van der Waals surface area contributed by atoms with Crippen molar-refractivity contribution in [1.82, 2.24) is 9.80 Å². The van der Waals surface area contributed by atoms with Gasteiger partial charge in [-0.2, -0.15) is 0 Å². The van der Waals surface area contributed by atoms with Crippen molar-refractivity contribution in [3.05, 3.63) is 84.0 Å². The summed E-state index contributed by atoms with van der Waals surface area (Å²) in [6, 6.07) is 8.01. The zero-order valence-electron chi connectivity index (χ0n) is 21.8. The maximum absolute atomic E-state index is 13.3. The SMILES string of the molecule is C=CCN1CC[C@]23c4c5ccc(O)c4OC2C(N(C)C(=O)/C=C/c2cccc(OC(F)(F)F)c2)C=C[C@@]3(O)[C@H]1C5. The molecule has 2 aromatic rings. The van der Waals surface area contributed by atoms with Gasteiger partial charge in [0.15, 0.2) is 11.5 Å². The molecule has 2 aliphatic heterocycles. The van der Waals surface area contributed by atoms with E-state index in [0.29, 0.717) is 37.2 Å². The lowest BCUT2D eigenvalue weighted by Crippen LogP contribution is -2.76. The minimum absolute atomic E-state index is 0.00886. The number of amides is 1. The van der Waals surface area contributed by atoms with Gasteiger partial charge in [0.25, 0.3) is 0 Å². The number of nitrogens with zero attached hydrogens (tertiary/aromatic N) is 2. The fraction of sp³-hybridized carbons (Fsp3) is 0.367. The highest BCUT2D eigenvalue weighted by Crippen LogP contribution is 2.64. The van der Waals surface area contributed by atoms with Crippen molar-refractivity contribution in [3.8, 4) is 17.2 Å². The van der Waals surface area contributed by atoms with Crippen molar-refractivity contribution < 1.29 is 37.7 Å². The van der Waals surface area contributed by atoms with Crippen LogP contribution in [0.25, 0.3) is 6.08 Å². The van der Waals surface area contributed by atoms with Gasteiger partial charge in [0.2, 0.25) is 5.91 Å². The van der Waals surface area contributed by atoms with Gasteiger partial charge in [0.05, 0.1) is 11.5 Å². The van der Waals surface area contributed by atoms with Gasteiger partial charge in [0.1, 0.15) is 17.5 Å². The molecule has 6 rings (SSSR count). The average Bonchev–Trinajstić information content (AvgIpc) is 3.25. The number of halogens is 3. The lowest BCUT2D eigenvalue weighted by molar-refractivity contribution is -0.274. The predicted octanol–water partition coefficient (Wildman–Crippen LogP) is 3.95. The summed E-state index contributed by atoms with van der Waals surface area (Å²) in [6.07, 6.45) is 3.73. The number of hydrogen-bond donors (Lipinski definition) is 2. The van der Waals surface area contributed by atoms with Gasteiger partial charge in [-0.25, -0.2) is 0 Å². The standard InChI is InChI=1S/C30H29F3N2O5/c1-3-14-35-15-13-28-25-19-8-9-22(36)26(25)39-27(28)21(11-12-29(28,38)23(35)17-19)34(2)24(37)10-7-18-5-4-6-20(16-18)40-30(31,32)33/h3-12,16,21,23,27,36,38H,1,13-15,17H2,2H3/b10-7+/t21?,23-,27?,28+,29-/m1/s1. The molecule has 2 bridgehead atoms. The van der Waals surface area contributed by atoms with Gasteiger partial charge < -0.3 is 24.6 Å². The summed E-state index contributed by atoms with van der Waals surface area (Å²) in [5, 5.41) is 23.1. The number of likely N-dealkylation sites (N-methyl/N-ethyl adjacent to an activating group) is 1. The number of phenolic OH excluding ortho intramolecular Hbond substituents is 1. The maximum Gasteiger partial charge on any atom is 0.573 e. The van der Waals surface area contributed by atoms with E-state index in [4.69, 9.17) is 4.74 Å². The topological polar surface area (TPSA) is 82.5 Å². The number of benzene rings is 2. The van der Waals surface area contributed by atoms with Gasteiger partial charge in [-0.05, 0) is 48.2 Å². The summed E-state index contributed by atoms with van der Waals surface area (Å²) in [4.78, 5) is 17.0. The molecule has 40 heavy (non-hydrogen) atoms. The Balaban J connectivity index is 1.33. The number of likely N-dealkylation sites (tertiary alicyclic amines) is 1. The number of alkyl halides is 3. The molecule has 4 aliphatic rings. The van der Waals surface area contributed by atoms with Crippen molar-refractivity contribution in [3.63, 3.8) is 0 Å². The lowest BCUT2D eigenvalue weighted by Gasteiger charge is -2.62. The first kappa shape index (κ1) is 26.5. The molecule has 1 fully saturated rings. The van der Waals surface area contributed by atoms with Crippen LogP contribution in [-0.4, -0.2) is 76.2 Å². The molecule has 1 amide bonds. The van der Waals surface area contributed by atoms with E-state index >= 15 is 0 Å². The average molecular weight is 555 g/mol. The van der Waals surface area contributed by atoms with Crippen LogP contribution in [0.15, 0.2) is 67.3 Å². The minimum atomic E-state index is -4.82. The molecule has 2 heterocycles. The van der Waals surface area contributed by atoms with Crippen LogP contribution in [0.5, 0.6) is 17.2 Å². The number of rotatable bonds is 6. The Hall–Kier alpha value is -3.76. The van der Waals surface area contributed by atoms with Crippen molar-refractivity contribution in [2.75, 3.05) is 20.1 Å². The van der Waals surface area contributed by atoms with E-state index in [-0.39, 0.29) is 17.5 Å². The minimum Gasteiger partial charge on any atom is -0.504 e. The molecular weight excluding hydrogens is 525 g/mol. The molecule has 1 spiro atoms.